The minimum absolute atomic E-state index is 0.0306. The Morgan fingerprint density at radius 1 is 1.29 bits per heavy atom. The van der Waals surface area contributed by atoms with Gasteiger partial charge in [-0.1, -0.05) is 43.7 Å². The highest BCUT2D eigenvalue weighted by atomic mass is 16.2. The summed E-state index contributed by atoms with van der Waals surface area (Å²) in [5.74, 6) is -0.0306. The van der Waals surface area contributed by atoms with Gasteiger partial charge in [0.05, 0.1) is 12.1 Å². The van der Waals surface area contributed by atoms with Crippen molar-refractivity contribution in [2.24, 2.45) is 5.73 Å². The zero-order chi connectivity index (χ0) is 15.1. The van der Waals surface area contributed by atoms with Crippen molar-refractivity contribution in [2.75, 3.05) is 19.6 Å². The molecule has 1 amide bonds. The van der Waals surface area contributed by atoms with Gasteiger partial charge in [0, 0.05) is 6.54 Å². The van der Waals surface area contributed by atoms with Crippen LogP contribution in [0.2, 0.25) is 0 Å². The van der Waals surface area contributed by atoms with Gasteiger partial charge in [0.25, 0.3) is 0 Å². The standard InChI is InChI=1S/C17H27N3O/c1-2-8-15(18)17(21)19-13-16(20-11-6-7-12-20)14-9-4-3-5-10-14/h3-5,9-10,15-16H,2,6-8,11-13,18H2,1H3,(H,19,21)/t15-,16?/m0/s1. The van der Waals surface area contributed by atoms with E-state index in [-0.39, 0.29) is 18.0 Å². The molecule has 0 radical (unpaired) electrons. The lowest BCUT2D eigenvalue weighted by Gasteiger charge is -2.28. The zero-order valence-corrected chi connectivity index (χ0v) is 12.9. The highest BCUT2D eigenvalue weighted by molar-refractivity contribution is 5.81. The van der Waals surface area contributed by atoms with E-state index in [0.29, 0.717) is 6.54 Å². The monoisotopic (exact) mass is 289 g/mol. The van der Waals surface area contributed by atoms with Gasteiger partial charge in [-0.3, -0.25) is 9.69 Å². The van der Waals surface area contributed by atoms with Crippen molar-refractivity contribution in [3.05, 3.63) is 35.9 Å². The Kier molecular flexibility index (Phi) is 6.21. The molecule has 0 saturated carbocycles. The Bertz CT molecular complexity index is 429. The van der Waals surface area contributed by atoms with Gasteiger partial charge in [0.15, 0.2) is 0 Å². The number of benzene rings is 1. The summed E-state index contributed by atoms with van der Waals surface area (Å²) >= 11 is 0. The molecule has 4 nitrogen and oxygen atoms in total. The van der Waals surface area contributed by atoms with E-state index in [4.69, 9.17) is 5.73 Å². The number of hydrogen-bond acceptors (Lipinski definition) is 3. The minimum Gasteiger partial charge on any atom is -0.353 e. The second-order valence-corrected chi connectivity index (χ2v) is 5.81. The molecule has 1 heterocycles. The summed E-state index contributed by atoms with van der Waals surface area (Å²) in [6, 6.07) is 10.3. The van der Waals surface area contributed by atoms with Crippen LogP contribution in [0.25, 0.3) is 0 Å². The van der Waals surface area contributed by atoms with E-state index in [1.165, 1.54) is 18.4 Å². The summed E-state index contributed by atoms with van der Waals surface area (Å²) in [7, 11) is 0. The molecule has 1 saturated heterocycles. The molecule has 1 unspecified atom stereocenters. The molecule has 1 fully saturated rings. The third kappa shape index (κ3) is 4.55. The molecule has 3 N–H and O–H groups in total. The van der Waals surface area contributed by atoms with Gasteiger partial charge in [0.2, 0.25) is 5.91 Å². The van der Waals surface area contributed by atoms with Gasteiger partial charge in [-0.05, 0) is 37.9 Å². The van der Waals surface area contributed by atoms with Gasteiger partial charge in [-0.15, -0.1) is 0 Å². The third-order valence-electron chi connectivity index (χ3n) is 4.17. The van der Waals surface area contributed by atoms with Crippen molar-refractivity contribution >= 4 is 5.91 Å². The van der Waals surface area contributed by atoms with Crippen molar-refractivity contribution in [1.29, 1.82) is 0 Å². The van der Waals surface area contributed by atoms with Crippen LogP contribution in [0.5, 0.6) is 0 Å². The predicted octanol–water partition coefficient (Wildman–Crippen LogP) is 2.07. The summed E-state index contributed by atoms with van der Waals surface area (Å²) in [5, 5.41) is 3.04. The number of nitrogens with zero attached hydrogens (tertiary/aromatic N) is 1. The number of hydrogen-bond donors (Lipinski definition) is 2. The lowest BCUT2D eigenvalue weighted by atomic mass is 10.1. The average molecular weight is 289 g/mol. The van der Waals surface area contributed by atoms with Crippen LogP contribution in [-0.4, -0.2) is 36.5 Å². The second-order valence-electron chi connectivity index (χ2n) is 5.81. The van der Waals surface area contributed by atoms with E-state index in [1.807, 2.05) is 13.0 Å². The number of rotatable bonds is 7. The molecule has 2 rings (SSSR count). The number of carbonyl (C=O) groups excluding carboxylic acids is 1. The Labute approximate surface area is 127 Å². The fourth-order valence-electron chi connectivity index (χ4n) is 2.96. The number of amides is 1. The highest BCUT2D eigenvalue weighted by Crippen LogP contribution is 2.24. The fraction of sp³-hybridized carbons (Fsp3) is 0.588. The first-order chi connectivity index (χ1) is 10.2. The molecule has 1 aromatic carbocycles. The van der Waals surface area contributed by atoms with Crippen molar-refractivity contribution in [3.8, 4) is 0 Å². The highest BCUT2D eigenvalue weighted by Gasteiger charge is 2.24. The molecule has 116 valence electrons. The van der Waals surface area contributed by atoms with Crippen LogP contribution < -0.4 is 11.1 Å². The molecule has 1 aromatic rings. The van der Waals surface area contributed by atoms with Crippen LogP contribution >= 0.6 is 0 Å². The maximum atomic E-state index is 12.0. The second kappa shape index (κ2) is 8.15. The predicted molar refractivity (Wildman–Crippen MR) is 85.9 cm³/mol. The summed E-state index contributed by atoms with van der Waals surface area (Å²) < 4.78 is 0. The molecule has 1 aliphatic rings. The number of likely N-dealkylation sites (tertiary alicyclic amines) is 1. The Morgan fingerprint density at radius 2 is 1.95 bits per heavy atom. The van der Waals surface area contributed by atoms with Crippen LogP contribution in [0, 0.1) is 0 Å². The van der Waals surface area contributed by atoms with E-state index in [1.54, 1.807) is 0 Å². The molecule has 0 aliphatic carbocycles. The molecule has 2 atom stereocenters. The molecular formula is C17H27N3O. The van der Waals surface area contributed by atoms with Gasteiger partial charge >= 0.3 is 0 Å². The maximum absolute atomic E-state index is 12.0. The molecule has 0 aromatic heterocycles. The third-order valence-corrected chi connectivity index (χ3v) is 4.17. The molecular weight excluding hydrogens is 262 g/mol. The first-order valence-corrected chi connectivity index (χ1v) is 8.04. The largest absolute Gasteiger partial charge is 0.353 e. The van der Waals surface area contributed by atoms with E-state index in [0.717, 1.165) is 25.9 Å². The summed E-state index contributed by atoms with van der Waals surface area (Å²) in [6.45, 7) is 4.90. The lowest BCUT2D eigenvalue weighted by molar-refractivity contribution is -0.122. The van der Waals surface area contributed by atoms with Crippen molar-refractivity contribution in [2.45, 2.75) is 44.7 Å². The van der Waals surface area contributed by atoms with Gasteiger partial charge < -0.3 is 11.1 Å². The smallest absolute Gasteiger partial charge is 0.236 e. The molecule has 0 bridgehead atoms. The van der Waals surface area contributed by atoms with Crippen molar-refractivity contribution < 1.29 is 4.79 Å². The van der Waals surface area contributed by atoms with Crippen molar-refractivity contribution in [1.82, 2.24) is 10.2 Å². The van der Waals surface area contributed by atoms with Crippen LogP contribution in [0.15, 0.2) is 30.3 Å². The average Bonchev–Trinajstić information content (AvgIpc) is 3.03. The van der Waals surface area contributed by atoms with E-state index in [9.17, 15) is 4.79 Å². The maximum Gasteiger partial charge on any atom is 0.236 e. The Balaban J connectivity index is 1.98. The summed E-state index contributed by atoms with van der Waals surface area (Å²) in [5.41, 5.74) is 7.15. The number of nitrogens with one attached hydrogen (secondary N) is 1. The molecule has 1 aliphatic heterocycles. The van der Waals surface area contributed by atoms with E-state index in [2.05, 4.69) is 34.5 Å². The van der Waals surface area contributed by atoms with Crippen LogP contribution in [0.4, 0.5) is 0 Å². The normalized spacial score (nSPS) is 18.4. The molecule has 21 heavy (non-hydrogen) atoms. The lowest BCUT2D eigenvalue weighted by Crippen LogP contribution is -2.44. The topological polar surface area (TPSA) is 58.4 Å². The van der Waals surface area contributed by atoms with Crippen molar-refractivity contribution in [3.63, 3.8) is 0 Å². The fourth-order valence-corrected chi connectivity index (χ4v) is 2.96. The van der Waals surface area contributed by atoms with Crippen LogP contribution in [-0.2, 0) is 4.79 Å². The number of nitrogens with two attached hydrogens (primary N) is 1. The van der Waals surface area contributed by atoms with E-state index >= 15 is 0 Å². The summed E-state index contributed by atoms with van der Waals surface area (Å²) in [4.78, 5) is 14.5. The quantitative estimate of drug-likeness (QED) is 0.808. The minimum atomic E-state index is -0.384. The molecule has 0 spiro atoms. The van der Waals surface area contributed by atoms with E-state index < -0.39 is 0 Å². The zero-order valence-electron chi connectivity index (χ0n) is 12.9. The Hall–Kier alpha value is -1.39. The van der Waals surface area contributed by atoms with Gasteiger partial charge in [-0.2, -0.15) is 0 Å². The summed E-state index contributed by atoms with van der Waals surface area (Å²) in [6.07, 6.45) is 4.16. The van der Waals surface area contributed by atoms with Crippen LogP contribution in [0.1, 0.15) is 44.2 Å². The molecule has 4 heteroatoms. The SMILES string of the molecule is CCC[C@H](N)C(=O)NCC(c1ccccc1)N1CCCC1. The first kappa shape index (κ1) is 16.0. The Morgan fingerprint density at radius 3 is 2.57 bits per heavy atom. The van der Waals surface area contributed by atoms with Gasteiger partial charge in [0.1, 0.15) is 0 Å². The number of carbonyl (C=O) groups is 1. The van der Waals surface area contributed by atoms with Gasteiger partial charge in [-0.25, -0.2) is 0 Å². The van der Waals surface area contributed by atoms with Crippen LogP contribution in [0.3, 0.4) is 0 Å². The first-order valence-electron chi connectivity index (χ1n) is 8.04.